The van der Waals surface area contributed by atoms with Gasteiger partial charge in [0.25, 0.3) is 5.91 Å². The third-order valence-corrected chi connectivity index (χ3v) is 7.79. The normalized spacial score (nSPS) is 19.4. The molecule has 4 rings (SSSR count). The third kappa shape index (κ3) is 4.53. The molecule has 0 radical (unpaired) electrons. The van der Waals surface area contributed by atoms with Gasteiger partial charge in [-0.25, -0.2) is 9.89 Å². The lowest BCUT2D eigenvalue weighted by Gasteiger charge is -2.49. The number of carbonyl (C=O) groups is 3. The topological polar surface area (TPSA) is 154 Å². The zero-order valence-electron chi connectivity index (χ0n) is 18.0. The van der Waals surface area contributed by atoms with Gasteiger partial charge < -0.3 is 10.4 Å². The number of rotatable bonds is 8. The molecular weight excluding hydrogens is 482 g/mol. The number of aromatic nitrogens is 3. The van der Waals surface area contributed by atoms with Crippen LogP contribution in [0.3, 0.4) is 0 Å². The lowest BCUT2D eigenvalue weighted by Crippen LogP contribution is -2.70. The number of nitrogens with zero attached hydrogens (tertiary/aromatic N) is 3. The van der Waals surface area contributed by atoms with Crippen LogP contribution in [0.5, 0.6) is 0 Å². The van der Waals surface area contributed by atoms with Gasteiger partial charge in [-0.05, 0) is 18.1 Å². The van der Waals surface area contributed by atoms with Crippen molar-refractivity contribution >= 4 is 41.3 Å². The minimum Gasteiger partial charge on any atom is -0.477 e. The number of carbonyl (C=O) groups excluding carboxylic acids is 2. The lowest BCUT2D eigenvalue weighted by molar-refractivity contribution is -0.150. The summed E-state index contributed by atoms with van der Waals surface area (Å²) < 4.78 is 1.20. The second kappa shape index (κ2) is 9.89. The van der Waals surface area contributed by atoms with Crippen LogP contribution in [0.4, 0.5) is 0 Å². The first-order chi connectivity index (χ1) is 16.3. The van der Waals surface area contributed by atoms with Crippen molar-refractivity contribution in [3.8, 4) is 0 Å². The smallest absolute Gasteiger partial charge is 0.352 e. The Hall–Kier alpha value is -3.32. The van der Waals surface area contributed by atoms with E-state index in [0.29, 0.717) is 11.3 Å². The standard InChI is InChI=1S/C21H21N5O6S2/c1-2-25-18(30)16(28)23-24-21(25)34-10-12-9-33-19-14(17(29)26(19)15(12)20(31)32)22-13(27)8-11-6-4-3-5-7-11/h3-7,14,19H,2,8-10H2,1H3,(H,22,27)(H,23,28)(H,31,32)/t14-,19-/m1/s1. The maximum atomic E-state index is 12.8. The first-order valence-corrected chi connectivity index (χ1v) is 12.4. The van der Waals surface area contributed by atoms with Crippen molar-refractivity contribution in [1.82, 2.24) is 25.0 Å². The number of carboxylic acid groups (broad SMARTS) is 1. The Balaban J connectivity index is 1.48. The third-order valence-electron chi connectivity index (χ3n) is 5.39. The molecule has 1 saturated heterocycles. The highest BCUT2D eigenvalue weighted by molar-refractivity contribution is 8.01. The highest BCUT2D eigenvalue weighted by atomic mass is 32.2. The van der Waals surface area contributed by atoms with Crippen LogP contribution in [0.2, 0.25) is 0 Å². The van der Waals surface area contributed by atoms with Gasteiger partial charge in [-0.3, -0.25) is 28.6 Å². The highest BCUT2D eigenvalue weighted by Crippen LogP contribution is 2.41. The van der Waals surface area contributed by atoms with Crippen LogP contribution in [0.1, 0.15) is 12.5 Å². The fourth-order valence-electron chi connectivity index (χ4n) is 3.76. The van der Waals surface area contributed by atoms with E-state index < -0.39 is 34.4 Å². The van der Waals surface area contributed by atoms with Gasteiger partial charge in [0.1, 0.15) is 17.1 Å². The summed E-state index contributed by atoms with van der Waals surface area (Å²) in [6, 6.07) is 8.32. The predicted molar refractivity (Wildman–Crippen MR) is 125 cm³/mol. The maximum Gasteiger partial charge on any atom is 0.352 e. The van der Waals surface area contributed by atoms with Crippen LogP contribution in [-0.4, -0.2) is 65.5 Å². The highest BCUT2D eigenvalue weighted by Gasteiger charge is 2.54. The van der Waals surface area contributed by atoms with Crippen LogP contribution in [0.15, 0.2) is 56.3 Å². The van der Waals surface area contributed by atoms with Crippen LogP contribution in [-0.2, 0) is 27.3 Å². The van der Waals surface area contributed by atoms with Gasteiger partial charge in [-0.15, -0.1) is 16.9 Å². The summed E-state index contributed by atoms with van der Waals surface area (Å²) in [6.07, 6.45) is 0.122. The summed E-state index contributed by atoms with van der Waals surface area (Å²) >= 11 is 2.47. The minimum absolute atomic E-state index is 0.121. The molecule has 178 valence electrons. The first-order valence-electron chi connectivity index (χ1n) is 10.4. The Labute approximate surface area is 201 Å². The molecule has 1 aromatic carbocycles. The number of amides is 2. The number of carboxylic acids is 1. The van der Waals surface area contributed by atoms with Gasteiger partial charge in [0.15, 0.2) is 5.16 Å². The molecule has 0 saturated carbocycles. The molecule has 1 aromatic heterocycles. The molecule has 3 heterocycles. The first kappa shape index (κ1) is 23.8. The molecule has 2 amide bonds. The number of H-pyrrole nitrogens is 1. The summed E-state index contributed by atoms with van der Waals surface area (Å²) in [5.74, 6) is -1.55. The molecular formula is C21H21N5O6S2. The molecule has 0 spiro atoms. The van der Waals surface area contributed by atoms with Crippen molar-refractivity contribution in [2.45, 2.75) is 36.5 Å². The van der Waals surface area contributed by atoms with Crippen LogP contribution in [0.25, 0.3) is 0 Å². The zero-order chi connectivity index (χ0) is 24.4. The molecule has 34 heavy (non-hydrogen) atoms. The summed E-state index contributed by atoms with van der Waals surface area (Å²) in [6.45, 7) is 1.93. The molecule has 3 N–H and O–H groups in total. The number of aromatic amines is 1. The SMILES string of the molecule is CCn1c(SCC2=C(C(=O)O)N3C(=O)[C@@H](NC(=O)Cc4ccccc4)[C@H]3SC2)n[nH]c(=O)c1=O. The molecule has 2 aliphatic rings. The van der Waals surface area contributed by atoms with Crippen molar-refractivity contribution < 1.29 is 19.5 Å². The number of fused-ring (bicyclic) bond motifs is 1. The molecule has 2 atom stereocenters. The number of thioether (sulfide) groups is 2. The van der Waals surface area contributed by atoms with E-state index in [-0.39, 0.29) is 35.5 Å². The lowest BCUT2D eigenvalue weighted by atomic mass is 10.0. The Morgan fingerprint density at radius 3 is 2.68 bits per heavy atom. The number of hydrogen-bond acceptors (Lipinski definition) is 8. The fraction of sp³-hybridized carbons (Fsp3) is 0.333. The van der Waals surface area contributed by atoms with Crippen molar-refractivity contribution in [1.29, 1.82) is 0 Å². The number of aliphatic carboxylic acids is 1. The zero-order valence-corrected chi connectivity index (χ0v) is 19.6. The maximum absolute atomic E-state index is 12.8. The number of β-lactam (4-membered cyclic amide) rings is 1. The average Bonchev–Trinajstić information content (AvgIpc) is 2.83. The summed E-state index contributed by atoms with van der Waals surface area (Å²) in [4.78, 5) is 61.9. The van der Waals surface area contributed by atoms with E-state index in [2.05, 4.69) is 15.5 Å². The Kier molecular flexibility index (Phi) is 6.93. The van der Waals surface area contributed by atoms with E-state index in [4.69, 9.17) is 0 Å². The van der Waals surface area contributed by atoms with Crippen LogP contribution < -0.4 is 16.4 Å². The van der Waals surface area contributed by atoms with E-state index in [1.807, 2.05) is 30.3 Å². The Morgan fingerprint density at radius 2 is 2.00 bits per heavy atom. The van der Waals surface area contributed by atoms with E-state index in [1.54, 1.807) is 6.92 Å². The van der Waals surface area contributed by atoms with Crippen LogP contribution >= 0.6 is 23.5 Å². The van der Waals surface area contributed by atoms with Gasteiger partial charge in [-0.1, -0.05) is 42.1 Å². The Bertz CT molecular complexity index is 1290. The average molecular weight is 504 g/mol. The quantitative estimate of drug-likeness (QED) is 0.257. The second-order valence-electron chi connectivity index (χ2n) is 7.55. The summed E-state index contributed by atoms with van der Waals surface area (Å²) in [7, 11) is 0. The van der Waals surface area contributed by atoms with E-state index in [1.165, 1.54) is 21.2 Å². The van der Waals surface area contributed by atoms with Crippen LogP contribution in [0, 0.1) is 0 Å². The molecule has 0 bridgehead atoms. The van der Waals surface area contributed by atoms with Gasteiger partial charge in [0.05, 0.1) is 6.42 Å². The molecule has 2 aromatic rings. The summed E-state index contributed by atoms with van der Waals surface area (Å²) in [5, 5.41) is 18.3. The molecule has 0 aliphatic carbocycles. The van der Waals surface area contributed by atoms with Crippen molar-refractivity contribution in [2.24, 2.45) is 0 Å². The monoisotopic (exact) mass is 503 g/mol. The van der Waals surface area contributed by atoms with Crippen molar-refractivity contribution in [2.75, 3.05) is 11.5 Å². The van der Waals surface area contributed by atoms with Gasteiger partial charge in [0.2, 0.25) is 5.91 Å². The predicted octanol–water partition coefficient (Wildman–Crippen LogP) is 0.0249. The van der Waals surface area contributed by atoms with E-state index >= 15 is 0 Å². The Morgan fingerprint density at radius 1 is 1.26 bits per heavy atom. The van der Waals surface area contributed by atoms with Gasteiger partial charge in [0, 0.05) is 18.1 Å². The molecule has 1 fully saturated rings. The molecule has 11 nitrogen and oxygen atoms in total. The van der Waals surface area contributed by atoms with E-state index in [9.17, 15) is 29.1 Å². The van der Waals surface area contributed by atoms with Crippen molar-refractivity contribution in [3.63, 3.8) is 0 Å². The number of hydrogen-bond donors (Lipinski definition) is 3. The molecule has 2 aliphatic heterocycles. The van der Waals surface area contributed by atoms with Crippen molar-refractivity contribution in [3.05, 3.63) is 67.9 Å². The van der Waals surface area contributed by atoms with Gasteiger partial charge >= 0.3 is 17.1 Å². The largest absolute Gasteiger partial charge is 0.477 e. The second-order valence-corrected chi connectivity index (χ2v) is 9.60. The van der Waals surface area contributed by atoms with E-state index in [0.717, 1.165) is 17.3 Å². The summed E-state index contributed by atoms with van der Waals surface area (Å²) in [5.41, 5.74) is -0.391. The van der Waals surface area contributed by atoms with Gasteiger partial charge in [-0.2, -0.15) is 0 Å². The fourth-order valence-corrected chi connectivity index (χ4v) is 6.25. The number of benzene rings is 1. The molecule has 13 heteroatoms. The molecule has 0 unspecified atom stereocenters. The number of nitrogens with one attached hydrogen (secondary N) is 2. The minimum atomic E-state index is -1.24.